The SMILES string of the molecule is Cc1cc(Cn2c(-c3cc(=O)c(O)c[nH]3)nn(S(=O)(=O)NC(=O)N3C[C@H](NC(=O)C(=NOC(C)(C)C(=O)O)c4csc(N)n4)C3=O)c2=O)nn1C. The minimum absolute atomic E-state index is 0.0333. The number of nitrogens with one attached hydrogen (secondary N) is 3. The molecule has 7 N–H and O–H groups in total. The fraction of sp³-hybridized carbons (Fsp3) is 0.308. The van der Waals surface area contributed by atoms with Gasteiger partial charge in [0.1, 0.15) is 11.7 Å². The molecule has 1 aliphatic rings. The highest BCUT2D eigenvalue weighted by molar-refractivity contribution is 7.88. The second kappa shape index (κ2) is 13.2. The average molecular weight is 749 g/mol. The number of aromatic amines is 1. The first kappa shape index (κ1) is 35.9. The summed E-state index contributed by atoms with van der Waals surface area (Å²) in [5, 5.41) is 34.2. The molecule has 1 saturated heterocycles. The molecule has 4 aromatic rings. The van der Waals surface area contributed by atoms with Crippen LogP contribution in [0.5, 0.6) is 5.75 Å². The topological polar surface area (TPSA) is 321 Å². The van der Waals surface area contributed by atoms with Crippen LogP contribution >= 0.6 is 11.3 Å². The number of nitrogen functional groups attached to an aromatic ring is 1. The number of carbonyl (C=O) groups excluding carboxylic acids is 3. The van der Waals surface area contributed by atoms with Gasteiger partial charge in [0.25, 0.3) is 11.8 Å². The zero-order valence-electron chi connectivity index (χ0n) is 26.8. The van der Waals surface area contributed by atoms with Crippen molar-refractivity contribution in [3.8, 4) is 17.3 Å². The second-order valence-corrected chi connectivity index (χ2v) is 13.7. The first-order valence-electron chi connectivity index (χ1n) is 14.3. The molecule has 0 aliphatic carbocycles. The zero-order chi connectivity index (χ0) is 37.6. The Morgan fingerprint density at radius 1 is 1.22 bits per heavy atom. The van der Waals surface area contributed by atoms with Gasteiger partial charge in [0, 0.05) is 30.4 Å². The van der Waals surface area contributed by atoms with Gasteiger partial charge in [-0.05, 0) is 26.8 Å². The van der Waals surface area contributed by atoms with Gasteiger partial charge in [0.15, 0.2) is 22.4 Å². The number of thiazole rings is 1. The Kier molecular flexibility index (Phi) is 9.27. The summed E-state index contributed by atoms with van der Waals surface area (Å²) in [6.45, 7) is 3.20. The Morgan fingerprint density at radius 2 is 1.92 bits per heavy atom. The summed E-state index contributed by atoms with van der Waals surface area (Å²) in [6.07, 6.45) is 0.905. The van der Waals surface area contributed by atoms with Crippen molar-refractivity contribution in [1.29, 1.82) is 0 Å². The van der Waals surface area contributed by atoms with Gasteiger partial charge in [-0.1, -0.05) is 9.24 Å². The predicted molar refractivity (Wildman–Crippen MR) is 174 cm³/mol. The summed E-state index contributed by atoms with van der Waals surface area (Å²) < 4.78 is 30.4. The van der Waals surface area contributed by atoms with Gasteiger partial charge in [-0.15, -0.1) is 16.4 Å². The van der Waals surface area contributed by atoms with Crippen molar-refractivity contribution in [2.45, 2.75) is 39.0 Å². The van der Waals surface area contributed by atoms with E-state index in [1.54, 1.807) is 24.8 Å². The predicted octanol–water partition coefficient (Wildman–Crippen LogP) is -2.35. The maximum absolute atomic E-state index is 13.4. The first-order chi connectivity index (χ1) is 23.8. The van der Waals surface area contributed by atoms with Crippen molar-refractivity contribution in [1.82, 2.24) is 48.4 Å². The van der Waals surface area contributed by atoms with E-state index < -0.39 is 74.8 Å². The lowest BCUT2D eigenvalue weighted by Crippen LogP contribution is -2.68. The summed E-state index contributed by atoms with van der Waals surface area (Å²) in [6, 6.07) is -0.390. The standard InChI is InChI=1S/C26H28N12O11S2/c1-11-5-12(31-35(11)4)8-36-19(13-6-16(39)17(40)7-28-13)32-38(25(36)46)51(47,48)34-24(45)37-9-14(21(37)42)29-20(41)18(15-10-50-23(27)30-15)33-49-26(2,3)22(43)44/h5-7,10,14,40H,8-9H2,1-4H3,(H2,27,30)(H,28,39)(H,29,41)(H,34,45)(H,43,44)/t14-/m0/s1. The number of hydrogen-bond donors (Lipinski definition) is 6. The molecule has 5 heterocycles. The Bertz CT molecular complexity index is 2330. The van der Waals surface area contributed by atoms with Gasteiger partial charge in [-0.2, -0.15) is 13.5 Å². The molecule has 25 heteroatoms. The average Bonchev–Trinajstić information content (AvgIpc) is 3.72. The van der Waals surface area contributed by atoms with Gasteiger partial charge in [0.2, 0.25) is 11.0 Å². The lowest BCUT2D eigenvalue weighted by molar-refractivity contribution is -0.161. The molecule has 1 atom stereocenters. The number of amides is 4. The molecule has 4 aromatic heterocycles. The molecule has 0 unspecified atom stereocenters. The van der Waals surface area contributed by atoms with Crippen molar-refractivity contribution < 1.29 is 42.6 Å². The minimum Gasteiger partial charge on any atom is -0.503 e. The number of hydrogen-bond acceptors (Lipinski definition) is 16. The normalized spacial score (nSPS) is 15.0. The van der Waals surface area contributed by atoms with Gasteiger partial charge in [-0.3, -0.25) is 28.5 Å². The summed E-state index contributed by atoms with van der Waals surface area (Å²) in [7, 11) is -3.52. The number of anilines is 1. The fourth-order valence-corrected chi connectivity index (χ4v) is 5.75. The Balaban J connectivity index is 1.34. The highest BCUT2D eigenvalue weighted by Gasteiger charge is 2.44. The molecule has 5 rings (SSSR count). The van der Waals surface area contributed by atoms with Crippen LogP contribution in [0.2, 0.25) is 0 Å². The smallest absolute Gasteiger partial charge is 0.362 e. The third-order valence-corrected chi connectivity index (χ3v) is 9.04. The van der Waals surface area contributed by atoms with E-state index in [9.17, 15) is 47.4 Å². The Morgan fingerprint density at radius 3 is 2.49 bits per heavy atom. The molecule has 0 bridgehead atoms. The van der Waals surface area contributed by atoms with E-state index >= 15 is 0 Å². The van der Waals surface area contributed by atoms with Crippen LogP contribution in [0.3, 0.4) is 0 Å². The molecule has 4 amide bonds. The molecule has 0 aromatic carbocycles. The molecule has 1 fully saturated rings. The number of nitrogens with two attached hydrogens (primary N) is 1. The number of aromatic hydroxyl groups is 1. The fourth-order valence-electron chi connectivity index (χ4n) is 4.29. The summed E-state index contributed by atoms with van der Waals surface area (Å²) in [5.74, 6) is -4.57. The van der Waals surface area contributed by atoms with Crippen LogP contribution in [0.15, 0.2) is 38.5 Å². The van der Waals surface area contributed by atoms with E-state index in [1.165, 1.54) is 23.9 Å². The molecular weight excluding hydrogens is 720 g/mol. The van der Waals surface area contributed by atoms with Crippen molar-refractivity contribution in [3.63, 3.8) is 0 Å². The number of urea groups is 1. The van der Waals surface area contributed by atoms with Crippen LogP contribution in [-0.2, 0) is 43.0 Å². The maximum Gasteiger partial charge on any atom is 0.362 e. The number of likely N-dealkylation sites (tertiary alicyclic amines) is 1. The highest BCUT2D eigenvalue weighted by Crippen LogP contribution is 2.18. The quantitative estimate of drug-likeness (QED) is 0.0531. The molecule has 0 spiro atoms. The van der Waals surface area contributed by atoms with Crippen molar-refractivity contribution >= 4 is 56.2 Å². The van der Waals surface area contributed by atoms with Crippen molar-refractivity contribution in [2.24, 2.45) is 12.2 Å². The monoisotopic (exact) mass is 748 g/mol. The summed E-state index contributed by atoms with van der Waals surface area (Å²) in [5.41, 5.74) is 1.80. The molecule has 1 aliphatic heterocycles. The van der Waals surface area contributed by atoms with Crippen LogP contribution in [0.1, 0.15) is 30.9 Å². The molecule has 0 saturated carbocycles. The maximum atomic E-state index is 13.4. The summed E-state index contributed by atoms with van der Waals surface area (Å²) >= 11 is 0.930. The van der Waals surface area contributed by atoms with Crippen LogP contribution < -0.4 is 26.9 Å². The highest BCUT2D eigenvalue weighted by atomic mass is 32.2. The van der Waals surface area contributed by atoms with Crippen LogP contribution in [0, 0.1) is 6.92 Å². The second-order valence-electron chi connectivity index (χ2n) is 11.3. The van der Waals surface area contributed by atoms with E-state index in [0.717, 1.165) is 28.2 Å². The molecule has 23 nitrogen and oxygen atoms in total. The van der Waals surface area contributed by atoms with E-state index in [-0.39, 0.29) is 33.0 Å². The van der Waals surface area contributed by atoms with E-state index in [1.807, 2.05) is 0 Å². The van der Waals surface area contributed by atoms with Crippen LogP contribution in [0.25, 0.3) is 11.5 Å². The number of β-lactam (4-membered cyclic amide) rings is 1. The van der Waals surface area contributed by atoms with E-state index in [0.29, 0.717) is 16.3 Å². The van der Waals surface area contributed by atoms with Gasteiger partial charge in [0.05, 0.1) is 24.5 Å². The van der Waals surface area contributed by atoms with Crippen LogP contribution in [0.4, 0.5) is 9.93 Å². The molecule has 51 heavy (non-hydrogen) atoms. The number of nitrogens with zero attached hydrogens (tertiary/aromatic N) is 8. The molecule has 0 radical (unpaired) electrons. The summed E-state index contributed by atoms with van der Waals surface area (Å²) in [4.78, 5) is 87.7. The lowest BCUT2D eigenvalue weighted by atomic mass is 10.1. The van der Waals surface area contributed by atoms with Gasteiger partial charge < -0.3 is 31.1 Å². The number of oxime groups is 1. The number of aryl methyl sites for hydroxylation is 2. The number of carbonyl (C=O) groups is 4. The number of H-pyrrole nitrogens is 1. The number of aliphatic carboxylic acids is 1. The Labute approximate surface area is 289 Å². The third-order valence-electron chi connectivity index (χ3n) is 7.24. The van der Waals surface area contributed by atoms with Crippen molar-refractivity contribution in [2.75, 3.05) is 12.3 Å². The number of imide groups is 1. The largest absolute Gasteiger partial charge is 0.503 e. The number of aromatic nitrogens is 7. The van der Waals surface area contributed by atoms with E-state index in [4.69, 9.17) is 10.6 Å². The number of pyridine rings is 1. The Hall–Kier alpha value is -6.37. The lowest BCUT2D eigenvalue weighted by Gasteiger charge is -2.36. The molecular formula is C26H28N12O11S2. The zero-order valence-corrected chi connectivity index (χ0v) is 28.5. The van der Waals surface area contributed by atoms with Crippen molar-refractivity contribution in [3.05, 3.63) is 61.5 Å². The van der Waals surface area contributed by atoms with Crippen LogP contribution in [-0.4, -0.2) is 105 Å². The van der Waals surface area contributed by atoms with Gasteiger partial charge in [-0.25, -0.2) is 24.1 Å². The van der Waals surface area contributed by atoms with E-state index in [2.05, 4.69) is 30.6 Å². The minimum atomic E-state index is -5.15. The first-order valence-corrected chi connectivity index (χ1v) is 16.6. The molecule has 270 valence electrons. The number of carboxylic acids is 1. The van der Waals surface area contributed by atoms with Gasteiger partial charge >= 0.3 is 27.9 Å². The number of carboxylic acid groups (broad SMARTS) is 1. The number of rotatable bonds is 11. The third kappa shape index (κ3) is 7.18.